The van der Waals surface area contributed by atoms with Crippen molar-refractivity contribution in [2.45, 2.75) is 46.1 Å². The molecule has 1 unspecified atom stereocenters. The van der Waals surface area contributed by atoms with Crippen molar-refractivity contribution in [1.29, 1.82) is 0 Å². The summed E-state index contributed by atoms with van der Waals surface area (Å²) in [5.74, 6) is 0.646. The summed E-state index contributed by atoms with van der Waals surface area (Å²) in [7, 11) is -2.78. The molecule has 1 heterocycles. The van der Waals surface area contributed by atoms with E-state index in [-0.39, 0.29) is 11.5 Å². The molecule has 1 fully saturated rings. The van der Waals surface area contributed by atoms with Gasteiger partial charge in [0.1, 0.15) is 0 Å². The number of rotatable bonds is 6. The van der Waals surface area contributed by atoms with Gasteiger partial charge in [0, 0.05) is 12.6 Å². The van der Waals surface area contributed by atoms with Crippen molar-refractivity contribution in [2.75, 3.05) is 31.1 Å². The summed E-state index contributed by atoms with van der Waals surface area (Å²) >= 11 is 0. The third kappa shape index (κ3) is 5.24. The highest BCUT2D eigenvalue weighted by molar-refractivity contribution is 7.91. The Balaban J connectivity index is 2.25. The molecule has 18 heavy (non-hydrogen) atoms. The zero-order valence-corrected chi connectivity index (χ0v) is 12.8. The van der Waals surface area contributed by atoms with Crippen LogP contribution < -0.4 is 5.73 Å². The first-order valence-electron chi connectivity index (χ1n) is 6.90. The fraction of sp³-hybridized carbons (Fsp3) is 1.00. The summed E-state index contributed by atoms with van der Waals surface area (Å²) in [6, 6.07) is 0.172. The quantitative estimate of drug-likeness (QED) is 0.742. The first-order chi connectivity index (χ1) is 8.26. The molecule has 0 spiro atoms. The predicted molar refractivity (Wildman–Crippen MR) is 76.4 cm³/mol. The Bertz CT molecular complexity index is 352. The SMILES string of the molecule is CC1CS(=O)(=O)CCN1CCCCC(C)(C)CN. The molecule has 0 radical (unpaired) electrons. The number of nitrogens with two attached hydrogens (primary N) is 1. The van der Waals surface area contributed by atoms with Gasteiger partial charge in [-0.05, 0) is 38.3 Å². The van der Waals surface area contributed by atoms with E-state index in [2.05, 4.69) is 18.7 Å². The van der Waals surface area contributed by atoms with Gasteiger partial charge in [0.2, 0.25) is 0 Å². The van der Waals surface area contributed by atoms with E-state index >= 15 is 0 Å². The van der Waals surface area contributed by atoms with Crippen LogP contribution in [0.25, 0.3) is 0 Å². The van der Waals surface area contributed by atoms with Gasteiger partial charge in [0.15, 0.2) is 9.84 Å². The maximum Gasteiger partial charge on any atom is 0.153 e. The molecule has 1 aliphatic rings. The minimum atomic E-state index is -2.78. The summed E-state index contributed by atoms with van der Waals surface area (Å²) in [6.07, 6.45) is 3.44. The molecule has 1 rings (SSSR count). The minimum Gasteiger partial charge on any atom is -0.330 e. The van der Waals surface area contributed by atoms with E-state index in [0.29, 0.717) is 18.1 Å². The molecule has 0 aromatic carbocycles. The first kappa shape index (κ1) is 15.9. The van der Waals surface area contributed by atoms with E-state index in [1.165, 1.54) is 6.42 Å². The Morgan fingerprint density at radius 1 is 1.33 bits per heavy atom. The molecular formula is C13H28N2O2S. The maximum absolute atomic E-state index is 11.5. The van der Waals surface area contributed by atoms with Crippen molar-refractivity contribution >= 4 is 9.84 Å². The average Bonchev–Trinajstić information content (AvgIpc) is 2.26. The lowest BCUT2D eigenvalue weighted by atomic mass is 9.87. The third-order valence-electron chi connectivity index (χ3n) is 3.91. The zero-order chi connectivity index (χ0) is 13.8. The topological polar surface area (TPSA) is 63.4 Å². The van der Waals surface area contributed by atoms with Gasteiger partial charge >= 0.3 is 0 Å². The van der Waals surface area contributed by atoms with E-state index in [9.17, 15) is 8.42 Å². The van der Waals surface area contributed by atoms with Gasteiger partial charge in [-0.1, -0.05) is 20.3 Å². The second-order valence-electron chi connectivity index (χ2n) is 6.32. The normalized spacial score (nSPS) is 25.2. The molecule has 108 valence electrons. The summed E-state index contributed by atoms with van der Waals surface area (Å²) in [5.41, 5.74) is 5.94. The second-order valence-corrected chi connectivity index (χ2v) is 8.55. The number of unbranched alkanes of at least 4 members (excludes halogenated alkanes) is 1. The Hall–Kier alpha value is -0.130. The monoisotopic (exact) mass is 276 g/mol. The highest BCUT2D eigenvalue weighted by atomic mass is 32.2. The molecule has 0 saturated carbocycles. The summed E-state index contributed by atoms with van der Waals surface area (Å²) in [5, 5.41) is 0. The molecule has 1 aliphatic heterocycles. The minimum absolute atomic E-state index is 0.172. The zero-order valence-electron chi connectivity index (χ0n) is 12.0. The molecule has 0 bridgehead atoms. The Kier molecular flexibility index (Phi) is 5.62. The molecule has 0 aromatic rings. The summed E-state index contributed by atoms with van der Waals surface area (Å²) in [4.78, 5) is 2.30. The van der Waals surface area contributed by atoms with Gasteiger partial charge in [-0.15, -0.1) is 0 Å². The molecule has 1 atom stereocenters. The second kappa shape index (κ2) is 6.35. The van der Waals surface area contributed by atoms with Crippen molar-refractivity contribution in [3.05, 3.63) is 0 Å². The van der Waals surface area contributed by atoms with Crippen LogP contribution in [0.2, 0.25) is 0 Å². The van der Waals surface area contributed by atoms with Gasteiger partial charge in [-0.3, -0.25) is 4.90 Å². The molecule has 0 amide bonds. The van der Waals surface area contributed by atoms with Crippen molar-refractivity contribution in [3.8, 4) is 0 Å². The van der Waals surface area contributed by atoms with Crippen LogP contribution in [0.15, 0.2) is 0 Å². The maximum atomic E-state index is 11.5. The van der Waals surface area contributed by atoms with Gasteiger partial charge in [0.05, 0.1) is 11.5 Å². The molecule has 5 heteroatoms. The van der Waals surface area contributed by atoms with Crippen LogP contribution in [0.3, 0.4) is 0 Å². The van der Waals surface area contributed by atoms with Gasteiger partial charge < -0.3 is 5.73 Å². The molecule has 0 aliphatic carbocycles. The molecule has 0 aromatic heterocycles. The standard InChI is InChI=1S/C13H28N2O2S/c1-12-10-18(16,17)9-8-15(12)7-5-4-6-13(2,3)11-14/h12H,4-11,14H2,1-3H3. The van der Waals surface area contributed by atoms with Crippen molar-refractivity contribution in [3.63, 3.8) is 0 Å². The van der Waals surface area contributed by atoms with Crippen LogP contribution in [0.1, 0.15) is 40.0 Å². The lowest BCUT2D eigenvalue weighted by molar-refractivity contribution is 0.216. The number of nitrogens with zero attached hydrogens (tertiary/aromatic N) is 1. The van der Waals surface area contributed by atoms with Crippen LogP contribution in [0, 0.1) is 5.41 Å². The average molecular weight is 276 g/mol. The van der Waals surface area contributed by atoms with E-state index in [1.54, 1.807) is 0 Å². The van der Waals surface area contributed by atoms with Gasteiger partial charge in [-0.2, -0.15) is 0 Å². The molecular weight excluding hydrogens is 248 g/mol. The fourth-order valence-corrected chi connectivity index (χ4v) is 4.01. The lowest BCUT2D eigenvalue weighted by Crippen LogP contribution is -2.47. The molecule has 2 N–H and O–H groups in total. The lowest BCUT2D eigenvalue weighted by Gasteiger charge is -2.33. The van der Waals surface area contributed by atoms with E-state index in [1.807, 2.05) is 6.92 Å². The number of hydrogen-bond acceptors (Lipinski definition) is 4. The van der Waals surface area contributed by atoms with Crippen molar-refractivity contribution in [2.24, 2.45) is 11.1 Å². The van der Waals surface area contributed by atoms with Crippen molar-refractivity contribution < 1.29 is 8.42 Å². The Morgan fingerprint density at radius 3 is 2.56 bits per heavy atom. The summed E-state index contributed by atoms with van der Waals surface area (Å²) < 4.78 is 22.9. The van der Waals surface area contributed by atoms with Crippen LogP contribution >= 0.6 is 0 Å². The smallest absolute Gasteiger partial charge is 0.153 e. The predicted octanol–water partition coefficient (Wildman–Crippen LogP) is 1.26. The first-order valence-corrected chi connectivity index (χ1v) is 8.72. The Labute approximate surface area is 112 Å². The van der Waals surface area contributed by atoms with E-state index in [0.717, 1.165) is 25.9 Å². The van der Waals surface area contributed by atoms with Gasteiger partial charge in [-0.25, -0.2) is 8.42 Å². The number of hydrogen-bond donors (Lipinski definition) is 1. The number of sulfone groups is 1. The molecule has 1 saturated heterocycles. The highest BCUT2D eigenvalue weighted by Crippen LogP contribution is 2.21. The third-order valence-corrected chi connectivity index (χ3v) is 5.70. The largest absolute Gasteiger partial charge is 0.330 e. The van der Waals surface area contributed by atoms with E-state index < -0.39 is 9.84 Å². The molecule has 4 nitrogen and oxygen atoms in total. The van der Waals surface area contributed by atoms with Crippen molar-refractivity contribution in [1.82, 2.24) is 4.90 Å². The summed E-state index contributed by atoms with van der Waals surface area (Å²) in [6.45, 7) is 8.85. The van der Waals surface area contributed by atoms with E-state index in [4.69, 9.17) is 5.73 Å². The van der Waals surface area contributed by atoms with Crippen LogP contribution in [-0.2, 0) is 9.84 Å². The van der Waals surface area contributed by atoms with Gasteiger partial charge in [0.25, 0.3) is 0 Å². The fourth-order valence-electron chi connectivity index (χ4n) is 2.39. The highest BCUT2D eigenvalue weighted by Gasteiger charge is 2.27. The Morgan fingerprint density at radius 2 is 2.00 bits per heavy atom. The van der Waals surface area contributed by atoms with Crippen LogP contribution in [-0.4, -0.2) is 50.5 Å². The van der Waals surface area contributed by atoms with Crippen LogP contribution in [0.4, 0.5) is 0 Å². The van der Waals surface area contributed by atoms with Crippen LogP contribution in [0.5, 0.6) is 0 Å².